The first-order chi connectivity index (χ1) is 12.6. The summed E-state index contributed by atoms with van der Waals surface area (Å²) in [5, 5.41) is 0. The lowest BCUT2D eigenvalue weighted by Crippen LogP contribution is -2.11. The number of rotatable bonds is 5. The second-order valence-corrected chi connectivity index (χ2v) is 7.24. The zero-order valence-electron chi connectivity index (χ0n) is 14.0. The van der Waals surface area contributed by atoms with E-state index >= 15 is 0 Å². The molecule has 3 aromatic carbocycles. The largest absolute Gasteiger partial charge is 0.493 e. The van der Waals surface area contributed by atoms with Crippen LogP contribution >= 0.6 is 31.9 Å². The Labute approximate surface area is 169 Å². The number of halogens is 2. The van der Waals surface area contributed by atoms with Crippen molar-refractivity contribution < 1.29 is 14.3 Å². The molecule has 0 amide bonds. The lowest BCUT2D eigenvalue weighted by molar-refractivity contribution is 0.0729. The predicted molar refractivity (Wildman–Crippen MR) is 110 cm³/mol. The molecule has 132 valence electrons. The predicted octanol–water partition coefficient (Wildman–Crippen LogP) is 6.50. The molecule has 0 aliphatic rings. The number of ether oxygens (including phenoxy) is 2. The van der Waals surface area contributed by atoms with Crippen molar-refractivity contribution in [1.29, 1.82) is 0 Å². The topological polar surface area (TPSA) is 35.5 Å². The van der Waals surface area contributed by atoms with Crippen LogP contribution in [-0.4, -0.2) is 12.6 Å². The molecule has 0 aliphatic heterocycles. The van der Waals surface area contributed by atoms with Crippen LogP contribution in [0.1, 0.15) is 17.3 Å². The Balaban J connectivity index is 1.85. The van der Waals surface area contributed by atoms with Crippen molar-refractivity contribution in [2.75, 3.05) is 6.61 Å². The van der Waals surface area contributed by atoms with Crippen LogP contribution in [0.2, 0.25) is 0 Å². The standard InChI is InChI=1S/C21H16Br2O3/c1-2-25-19-11-9-16(22)13-17(19)21(24)26-20-10-8-15(12-18(20)23)14-6-4-3-5-7-14/h3-13H,2H2,1H3. The number of hydrogen-bond acceptors (Lipinski definition) is 3. The average Bonchev–Trinajstić information content (AvgIpc) is 2.65. The van der Waals surface area contributed by atoms with Crippen LogP contribution in [0.4, 0.5) is 0 Å². The fraction of sp³-hybridized carbons (Fsp3) is 0.0952. The Kier molecular flexibility index (Phi) is 6.12. The first-order valence-corrected chi connectivity index (χ1v) is 9.66. The third kappa shape index (κ3) is 4.34. The Morgan fingerprint density at radius 2 is 1.62 bits per heavy atom. The van der Waals surface area contributed by atoms with Crippen molar-refractivity contribution in [3.63, 3.8) is 0 Å². The highest BCUT2D eigenvalue weighted by Crippen LogP contribution is 2.32. The highest BCUT2D eigenvalue weighted by atomic mass is 79.9. The third-order valence-corrected chi connectivity index (χ3v) is 4.82. The molecule has 0 N–H and O–H groups in total. The minimum Gasteiger partial charge on any atom is -0.493 e. The first kappa shape index (κ1) is 18.7. The fourth-order valence-electron chi connectivity index (χ4n) is 2.49. The quantitative estimate of drug-likeness (QED) is 0.312. The van der Waals surface area contributed by atoms with Gasteiger partial charge in [0, 0.05) is 4.47 Å². The molecule has 0 heterocycles. The van der Waals surface area contributed by atoms with Crippen LogP contribution in [0.5, 0.6) is 11.5 Å². The Morgan fingerprint density at radius 3 is 2.31 bits per heavy atom. The fourth-order valence-corrected chi connectivity index (χ4v) is 3.31. The van der Waals surface area contributed by atoms with E-state index in [-0.39, 0.29) is 0 Å². The first-order valence-electron chi connectivity index (χ1n) is 8.08. The monoisotopic (exact) mass is 474 g/mol. The number of benzene rings is 3. The summed E-state index contributed by atoms with van der Waals surface area (Å²) < 4.78 is 12.6. The van der Waals surface area contributed by atoms with Gasteiger partial charge in [-0.05, 0) is 64.3 Å². The molecular weight excluding hydrogens is 460 g/mol. The molecule has 3 nitrogen and oxygen atoms in total. The summed E-state index contributed by atoms with van der Waals surface area (Å²) in [6.07, 6.45) is 0. The van der Waals surface area contributed by atoms with Crippen molar-refractivity contribution in [2.45, 2.75) is 6.92 Å². The number of carbonyl (C=O) groups is 1. The molecule has 0 unspecified atom stereocenters. The van der Waals surface area contributed by atoms with Crippen LogP contribution in [0, 0.1) is 0 Å². The van der Waals surface area contributed by atoms with E-state index in [2.05, 4.69) is 31.9 Å². The van der Waals surface area contributed by atoms with Crippen LogP contribution < -0.4 is 9.47 Å². The van der Waals surface area contributed by atoms with Crippen LogP contribution in [0.25, 0.3) is 11.1 Å². The van der Waals surface area contributed by atoms with E-state index in [1.807, 2.05) is 55.5 Å². The highest BCUT2D eigenvalue weighted by molar-refractivity contribution is 9.10. The molecule has 0 saturated heterocycles. The van der Waals surface area contributed by atoms with E-state index in [1.54, 1.807) is 18.2 Å². The molecule has 5 heteroatoms. The van der Waals surface area contributed by atoms with E-state index in [1.165, 1.54) is 0 Å². The van der Waals surface area contributed by atoms with E-state index in [9.17, 15) is 4.79 Å². The van der Waals surface area contributed by atoms with E-state index in [0.29, 0.717) is 28.1 Å². The summed E-state index contributed by atoms with van der Waals surface area (Å²) in [5.74, 6) is 0.484. The van der Waals surface area contributed by atoms with Crippen molar-refractivity contribution in [3.05, 3.63) is 81.2 Å². The zero-order chi connectivity index (χ0) is 18.5. The molecule has 0 bridgehead atoms. The van der Waals surface area contributed by atoms with Crippen LogP contribution in [-0.2, 0) is 0 Å². The van der Waals surface area contributed by atoms with E-state index in [4.69, 9.17) is 9.47 Å². The van der Waals surface area contributed by atoms with Crippen LogP contribution in [0.15, 0.2) is 75.7 Å². The summed E-state index contributed by atoms with van der Waals surface area (Å²) >= 11 is 6.87. The molecule has 0 saturated carbocycles. The van der Waals surface area contributed by atoms with E-state index in [0.717, 1.165) is 15.6 Å². The molecule has 0 atom stereocenters. The second kappa shape index (κ2) is 8.52. The van der Waals surface area contributed by atoms with Gasteiger partial charge in [0.2, 0.25) is 0 Å². The van der Waals surface area contributed by atoms with Gasteiger partial charge in [0.05, 0.1) is 11.1 Å². The van der Waals surface area contributed by atoms with Gasteiger partial charge in [0.15, 0.2) is 0 Å². The smallest absolute Gasteiger partial charge is 0.347 e. The van der Waals surface area contributed by atoms with Gasteiger partial charge in [0.1, 0.15) is 17.1 Å². The Bertz CT molecular complexity index is 924. The lowest BCUT2D eigenvalue weighted by atomic mass is 10.1. The molecule has 26 heavy (non-hydrogen) atoms. The minimum atomic E-state index is -0.470. The minimum absolute atomic E-state index is 0.375. The van der Waals surface area contributed by atoms with Gasteiger partial charge in [-0.1, -0.05) is 52.3 Å². The molecule has 3 rings (SSSR count). The maximum atomic E-state index is 12.6. The summed E-state index contributed by atoms with van der Waals surface area (Å²) in [6, 6.07) is 20.9. The molecule has 0 spiro atoms. The second-order valence-electron chi connectivity index (χ2n) is 5.47. The summed E-state index contributed by atoms with van der Waals surface area (Å²) in [6.45, 7) is 2.34. The summed E-state index contributed by atoms with van der Waals surface area (Å²) in [4.78, 5) is 12.6. The Morgan fingerprint density at radius 1 is 0.885 bits per heavy atom. The third-order valence-electron chi connectivity index (χ3n) is 3.70. The average molecular weight is 476 g/mol. The van der Waals surface area contributed by atoms with Crippen LogP contribution in [0.3, 0.4) is 0 Å². The molecule has 0 fully saturated rings. The van der Waals surface area contributed by atoms with Crippen molar-refractivity contribution in [2.24, 2.45) is 0 Å². The van der Waals surface area contributed by atoms with E-state index < -0.39 is 5.97 Å². The SMILES string of the molecule is CCOc1ccc(Br)cc1C(=O)Oc1ccc(-c2ccccc2)cc1Br. The van der Waals surface area contributed by atoms with Gasteiger partial charge in [-0.3, -0.25) is 0 Å². The molecule has 0 aliphatic carbocycles. The molecule has 3 aromatic rings. The maximum absolute atomic E-state index is 12.6. The number of carbonyl (C=O) groups excluding carboxylic acids is 1. The van der Waals surface area contributed by atoms with Gasteiger partial charge in [0.25, 0.3) is 0 Å². The van der Waals surface area contributed by atoms with Gasteiger partial charge in [-0.25, -0.2) is 4.79 Å². The van der Waals surface area contributed by atoms with Crippen molar-refractivity contribution >= 4 is 37.8 Å². The summed E-state index contributed by atoms with van der Waals surface area (Å²) in [5.41, 5.74) is 2.51. The lowest BCUT2D eigenvalue weighted by Gasteiger charge is -2.12. The maximum Gasteiger partial charge on any atom is 0.347 e. The highest BCUT2D eigenvalue weighted by Gasteiger charge is 2.17. The van der Waals surface area contributed by atoms with Gasteiger partial charge in [-0.2, -0.15) is 0 Å². The van der Waals surface area contributed by atoms with Crippen molar-refractivity contribution in [1.82, 2.24) is 0 Å². The van der Waals surface area contributed by atoms with Gasteiger partial charge >= 0.3 is 5.97 Å². The molecule has 0 radical (unpaired) electrons. The van der Waals surface area contributed by atoms with Gasteiger partial charge in [-0.15, -0.1) is 0 Å². The zero-order valence-corrected chi connectivity index (χ0v) is 17.2. The van der Waals surface area contributed by atoms with Crippen molar-refractivity contribution in [3.8, 4) is 22.6 Å². The molecular formula is C21H16Br2O3. The molecule has 0 aromatic heterocycles. The summed E-state index contributed by atoms with van der Waals surface area (Å²) in [7, 11) is 0. The Hall–Kier alpha value is -2.11. The normalized spacial score (nSPS) is 10.4. The number of esters is 1. The number of hydrogen-bond donors (Lipinski definition) is 0. The van der Waals surface area contributed by atoms with Gasteiger partial charge < -0.3 is 9.47 Å².